The zero-order valence-electron chi connectivity index (χ0n) is 15.7. The Morgan fingerprint density at radius 3 is 2.64 bits per heavy atom. The molecule has 0 aliphatic heterocycles. The van der Waals surface area contributed by atoms with Crippen LogP contribution in [0.4, 0.5) is 0 Å². The number of benzene rings is 2. The van der Waals surface area contributed by atoms with E-state index < -0.39 is 0 Å². The van der Waals surface area contributed by atoms with E-state index in [0.29, 0.717) is 17.1 Å². The summed E-state index contributed by atoms with van der Waals surface area (Å²) in [6, 6.07) is 12.5. The zero-order chi connectivity index (χ0) is 20.3. The predicted octanol–water partition coefficient (Wildman–Crippen LogP) is 3.81. The Balaban J connectivity index is 1.60. The van der Waals surface area contributed by atoms with E-state index in [2.05, 4.69) is 15.0 Å². The van der Waals surface area contributed by atoms with E-state index in [1.807, 2.05) is 36.7 Å². The van der Waals surface area contributed by atoms with Crippen molar-refractivity contribution in [1.29, 1.82) is 0 Å². The predicted molar refractivity (Wildman–Crippen MR) is 111 cm³/mol. The van der Waals surface area contributed by atoms with Gasteiger partial charge in [0.15, 0.2) is 5.16 Å². The topological polar surface area (TPSA) is 73.2 Å². The maximum atomic E-state index is 12.5. The van der Waals surface area contributed by atoms with Gasteiger partial charge < -0.3 is 14.6 Å². The molecule has 146 valence electrons. The quantitative estimate of drug-likeness (QED) is 0.487. The van der Waals surface area contributed by atoms with E-state index in [-0.39, 0.29) is 17.1 Å². The highest BCUT2D eigenvalue weighted by molar-refractivity contribution is 8.00. The molecule has 0 radical (unpaired) electrons. The largest absolute Gasteiger partial charge is 0.465 e. The van der Waals surface area contributed by atoms with Crippen LogP contribution in [0.25, 0.3) is 11.0 Å². The molecule has 0 aliphatic rings. The molecule has 8 heteroatoms. The fraction of sp³-hybridized carbons (Fsp3) is 0.250. The van der Waals surface area contributed by atoms with Crippen molar-refractivity contribution in [1.82, 2.24) is 14.9 Å². The van der Waals surface area contributed by atoms with Crippen molar-refractivity contribution in [3.63, 3.8) is 0 Å². The Kier molecular flexibility index (Phi) is 6.26. The molecular weight excluding hydrogens is 398 g/mol. The Morgan fingerprint density at radius 1 is 1.25 bits per heavy atom. The number of halogens is 1. The summed E-state index contributed by atoms with van der Waals surface area (Å²) in [7, 11) is 3.26. The molecule has 28 heavy (non-hydrogen) atoms. The van der Waals surface area contributed by atoms with Crippen molar-refractivity contribution < 1.29 is 14.3 Å². The highest BCUT2D eigenvalue weighted by Gasteiger charge is 2.18. The van der Waals surface area contributed by atoms with Gasteiger partial charge in [-0.1, -0.05) is 35.5 Å². The molecule has 1 N–H and O–H groups in total. The van der Waals surface area contributed by atoms with Crippen molar-refractivity contribution in [2.75, 3.05) is 7.11 Å². The van der Waals surface area contributed by atoms with Crippen LogP contribution >= 0.6 is 23.4 Å². The number of fused-ring (bicyclic) bond motifs is 1. The third kappa shape index (κ3) is 4.48. The number of rotatable bonds is 6. The third-order valence-corrected chi connectivity index (χ3v) is 5.67. The SMILES string of the molecule is COC(=O)c1ccc(CNC(=O)C(C)Sc2nc3cc(Cl)ccc3n2C)cc1. The Hall–Kier alpha value is -2.51. The van der Waals surface area contributed by atoms with Crippen LogP contribution in [0.1, 0.15) is 22.8 Å². The maximum Gasteiger partial charge on any atom is 0.337 e. The Morgan fingerprint density at radius 2 is 1.96 bits per heavy atom. The number of thioether (sulfide) groups is 1. The first kappa shape index (κ1) is 20.2. The summed E-state index contributed by atoms with van der Waals surface area (Å²) < 4.78 is 6.62. The summed E-state index contributed by atoms with van der Waals surface area (Å²) in [6.07, 6.45) is 0. The first-order valence-electron chi connectivity index (χ1n) is 8.62. The molecule has 0 saturated carbocycles. The number of ether oxygens (including phenoxy) is 1. The number of hydrogen-bond donors (Lipinski definition) is 1. The molecule has 1 unspecified atom stereocenters. The fourth-order valence-corrected chi connectivity index (χ4v) is 3.76. The molecule has 1 aromatic heterocycles. The number of aryl methyl sites for hydroxylation is 1. The van der Waals surface area contributed by atoms with Crippen LogP contribution < -0.4 is 5.32 Å². The first-order chi connectivity index (χ1) is 13.4. The van der Waals surface area contributed by atoms with E-state index >= 15 is 0 Å². The Bertz CT molecular complexity index is 1020. The molecule has 0 aliphatic carbocycles. The molecule has 3 rings (SSSR count). The number of nitrogens with one attached hydrogen (secondary N) is 1. The van der Waals surface area contributed by atoms with Crippen molar-refractivity contribution >= 4 is 46.3 Å². The van der Waals surface area contributed by atoms with Crippen molar-refractivity contribution in [3.8, 4) is 0 Å². The molecule has 2 aromatic carbocycles. The van der Waals surface area contributed by atoms with Crippen LogP contribution in [-0.2, 0) is 23.1 Å². The number of hydrogen-bond acceptors (Lipinski definition) is 5. The lowest BCUT2D eigenvalue weighted by Gasteiger charge is -2.12. The van der Waals surface area contributed by atoms with E-state index in [0.717, 1.165) is 21.8 Å². The number of imidazole rings is 1. The summed E-state index contributed by atoms with van der Waals surface area (Å²) in [6.45, 7) is 2.22. The molecule has 1 atom stereocenters. The molecule has 1 amide bonds. The number of carbonyl (C=O) groups excluding carboxylic acids is 2. The van der Waals surface area contributed by atoms with Gasteiger partial charge in [-0.05, 0) is 42.8 Å². The van der Waals surface area contributed by atoms with Gasteiger partial charge in [0, 0.05) is 18.6 Å². The van der Waals surface area contributed by atoms with E-state index in [9.17, 15) is 9.59 Å². The summed E-state index contributed by atoms with van der Waals surface area (Å²) in [5, 5.41) is 3.97. The van der Waals surface area contributed by atoms with E-state index in [1.165, 1.54) is 18.9 Å². The van der Waals surface area contributed by atoms with Gasteiger partial charge in [0.25, 0.3) is 0 Å². The van der Waals surface area contributed by atoms with Gasteiger partial charge in [0.2, 0.25) is 5.91 Å². The summed E-state index contributed by atoms with van der Waals surface area (Å²) in [4.78, 5) is 28.5. The van der Waals surface area contributed by atoms with Crippen LogP contribution in [-0.4, -0.2) is 33.8 Å². The van der Waals surface area contributed by atoms with Gasteiger partial charge in [-0.3, -0.25) is 4.79 Å². The standard InChI is InChI=1S/C20H20ClN3O3S/c1-12(28-20-23-16-10-15(21)8-9-17(16)24(20)2)18(25)22-11-13-4-6-14(7-5-13)19(26)27-3/h4-10,12H,11H2,1-3H3,(H,22,25). The lowest BCUT2D eigenvalue weighted by Crippen LogP contribution is -2.30. The smallest absolute Gasteiger partial charge is 0.337 e. The number of aromatic nitrogens is 2. The average molecular weight is 418 g/mol. The number of esters is 1. The van der Waals surface area contributed by atoms with Crippen LogP contribution in [0.3, 0.4) is 0 Å². The zero-order valence-corrected chi connectivity index (χ0v) is 17.3. The van der Waals surface area contributed by atoms with E-state index in [4.69, 9.17) is 11.6 Å². The molecule has 1 heterocycles. The number of carbonyl (C=O) groups is 2. The van der Waals surface area contributed by atoms with Gasteiger partial charge in [-0.2, -0.15) is 0 Å². The van der Waals surface area contributed by atoms with Crippen molar-refractivity contribution in [3.05, 3.63) is 58.6 Å². The molecule has 0 fully saturated rings. The summed E-state index contributed by atoms with van der Waals surface area (Å²) in [5.41, 5.74) is 3.14. The van der Waals surface area contributed by atoms with E-state index in [1.54, 1.807) is 24.3 Å². The van der Waals surface area contributed by atoms with Gasteiger partial charge in [0.1, 0.15) is 0 Å². The van der Waals surface area contributed by atoms with Crippen LogP contribution in [0.15, 0.2) is 47.6 Å². The molecule has 0 saturated heterocycles. The second-order valence-electron chi connectivity index (χ2n) is 6.25. The van der Waals surface area contributed by atoms with Gasteiger partial charge in [0.05, 0.1) is 29.0 Å². The molecular formula is C20H20ClN3O3S. The second-order valence-corrected chi connectivity index (χ2v) is 8.00. The number of methoxy groups -OCH3 is 1. The van der Waals surface area contributed by atoms with Crippen LogP contribution in [0.2, 0.25) is 5.02 Å². The molecule has 6 nitrogen and oxygen atoms in total. The van der Waals surface area contributed by atoms with Gasteiger partial charge in [-0.25, -0.2) is 9.78 Å². The lowest BCUT2D eigenvalue weighted by molar-refractivity contribution is -0.120. The lowest BCUT2D eigenvalue weighted by atomic mass is 10.1. The average Bonchev–Trinajstić information content (AvgIpc) is 3.00. The number of nitrogens with zero attached hydrogens (tertiary/aromatic N) is 2. The van der Waals surface area contributed by atoms with Crippen LogP contribution in [0, 0.1) is 0 Å². The normalized spacial score (nSPS) is 12.0. The van der Waals surface area contributed by atoms with Crippen LogP contribution in [0.5, 0.6) is 0 Å². The fourth-order valence-electron chi connectivity index (χ4n) is 2.68. The highest BCUT2D eigenvalue weighted by Crippen LogP contribution is 2.27. The highest BCUT2D eigenvalue weighted by atomic mass is 35.5. The van der Waals surface area contributed by atoms with Gasteiger partial charge in [-0.15, -0.1) is 0 Å². The second kappa shape index (κ2) is 8.67. The monoisotopic (exact) mass is 417 g/mol. The minimum Gasteiger partial charge on any atom is -0.465 e. The molecule has 3 aromatic rings. The minimum absolute atomic E-state index is 0.0906. The Labute approximate surface area is 172 Å². The van der Waals surface area contributed by atoms with Crippen molar-refractivity contribution in [2.45, 2.75) is 23.9 Å². The maximum absolute atomic E-state index is 12.5. The summed E-state index contributed by atoms with van der Waals surface area (Å²) in [5.74, 6) is -0.475. The third-order valence-electron chi connectivity index (χ3n) is 4.30. The first-order valence-corrected chi connectivity index (χ1v) is 9.88. The molecule has 0 bridgehead atoms. The van der Waals surface area contributed by atoms with Gasteiger partial charge >= 0.3 is 5.97 Å². The number of amides is 1. The minimum atomic E-state index is -0.385. The van der Waals surface area contributed by atoms with Crippen molar-refractivity contribution in [2.24, 2.45) is 7.05 Å². The molecule has 0 spiro atoms. The summed E-state index contributed by atoms with van der Waals surface area (Å²) >= 11 is 7.42.